The van der Waals surface area contributed by atoms with Gasteiger partial charge in [-0.05, 0) is 66.9 Å². The molecule has 1 aromatic carbocycles. The molecule has 5 rings (SSSR count). The van der Waals surface area contributed by atoms with Crippen LogP contribution in [-0.2, 0) is 9.84 Å². The zero-order valence-corrected chi connectivity index (χ0v) is 17.1. The van der Waals surface area contributed by atoms with Gasteiger partial charge in [0, 0.05) is 17.1 Å². The van der Waals surface area contributed by atoms with Gasteiger partial charge < -0.3 is 14.7 Å². The molecule has 2 aromatic heterocycles. The van der Waals surface area contributed by atoms with Crippen LogP contribution in [0, 0.1) is 24.6 Å². The van der Waals surface area contributed by atoms with Crippen molar-refractivity contribution in [3.63, 3.8) is 0 Å². The van der Waals surface area contributed by atoms with E-state index in [-0.39, 0.29) is 22.5 Å². The summed E-state index contributed by atoms with van der Waals surface area (Å²) in [7, 11) is -4.76. The Balaban J connectivity index is 1.37. The third-order valence-electron chi connectivity index (χ3n) is 5.96. The molecule has 0 amide bonds. The van der Waals surface area contributed by atoms with Crippen molar-refractivity contribution in [2.24, 2.45) is 11.8 Å². The molecule has 3 aromatic rings. The van der Waals surface area contributed by atoms with Crippen LogP contribution in [0.25, 0.3) is 16.6 Å². The number of pyridine rings is 1. The number of aromatic amines is 1. The van der Waals surface area contributed by atoms with Gasteiger partial charge in [-0.2, -0.15) is 0 Å². The number of hydrogen-bond donors (Lipinski definition) is 2. The lowest BCUT2D eigenvalue weighted by molar-refractivity contribution is 0.272. The summed E-state index contributed by atoms with van der Waals surface area (Å²) in [4.78, 5) is 7.14. The van der Waals surface area contributed by atoms with E-state index in [1.165, 1.54) is 12.1 Å². The Morgan fingerprint density at radius 1 is 1.33 bits per heavy atom. The smallest absolute Gasteiger partial charge is 0.531 e. The summed E-state index contributed by atoms with van der Waals surface area (Å²) in [5.41, 5.74) is 3.26. The molecule has 3 heterocycles. The van der Waals surface area contributed by atoms with Crippen LogP contribution in [0.5, 0.6) is 5.75 Å². The molecule has 1 saturated carbocycles. The Labute approximate surface area is 173 Å². The largest absolute Gasteiger partial charge is 0.552 e. The maximum atomic E-state index is 14.2. The van der Waals surface area contributed by atoms with Crippen LogP contribution >= 0.6 is 0 Å². The number of hydrogen-bond acceptors (Lipinski definition) is 5. The van der Waals surface area contributed by atoms with Gasteiger partial charge in [-0.3, -0.25) is 0 Å². The zero-order valence-electron chi connectivity index (χ0n) is 16.3. The number of H-pyrrole nitrogens is 1. The van der Waals surface area contributed by atoms with Crippen molar-refractivity contribution in [2.45, 2.75) is 24.7 Å². The number of allylic oxidation sites excluding steroid dienone is 1. The van der Waals surface area contributed by atoms with E-state index in [4.69, 9.17) is 4.65 Å². The van der Waals surface area contributed by atoms with Gasteiger partial charge in [-0.1, -0.05) is 6.07 Å². The number of nitrogens with one attached hydrogen (secondary N) is 1. The monoisotopic (exact) mass is 426 g/mol. The maximum absolute atomic E-state index is 14.2. The molecular formula is C21H20BFN2O4S. The Bertz CT molecular complexity index is 1280. The van der Waals surface area contributed by atoms with E-state index in [1.807, 2.05) is 6.07 Å². The minimum Gasteiger partial charge on any atom is -0.531 e. The van der Waals surface area contributed by atoms with Gasteiger partial charge in [0.1, 0.15) is 22.1 Å². The number of nitrogens with zero attached hydrogens (tertiary/aromatic N) is 1. The fourth-order valence-electron chi connectivity index (χ4n) is 4.50. The van der Waals surface area contributed by atoms with Gasteiger partial charge in [0.2, 0.25) is 0 Å². The van der Waals surface area contributed by atoms with Gasteiger partial charge in [-0.25, -0.2) is 17.8 Å². The van der Waals surface area contributed by atoms with E-state index in [0.29, 0.717) is 24.2 Å². The third-order valence-corrected chi connectivity index (χ3v) is 7.87. The maximum Gasteiger partial charge on any atom is 0.552 e. The second kappa shape index (κ2) is 6.96. The first kappa shape index (κ1) is 19.3. The number of benzene rings is 1. The van der Waals surface area contributed by atoms with E-state index in [1.54, 1.807) is 31.4 Å². The van der Waals surface area contributed by atoms with Crippen LogP contribution in [-0.4, -0.2) is 36.3 Å². The lowest BCUT2D eigenvalue weighted by Crippen LogP contribution is -2.33. The molecule has 0 radical (unpaired) electrons. The highest BCUT2D eigenvalue weighted by Crippen LogP contribution is 2.48. The number of fused-ring (bicyclic) bond motifs is 3. The molecule has 9 heteroatoms. The molecule has 1 aliphatic heterocycles. The Morgan fingerprint density at radius 2 is 2.13 bits per heavy atom. The molecule has 0 atom stereocenters. The topological polar surface area (TPSA) is 92.3 Å². The number of aromatic nitrogens is 2. The number of rotatable bonds is 4. The van der Waals surface area contributed by atoms with Crippen molar-refractivity contribution in [1.82, 2.24) is 9.97 Å². The average molecular weight is 426 g/mol. The average Bonchev–Trinajstić information content (AvgIpc) is 3.12. The highest BCUT2D eigenvalue weighted by atomic mass is 32.2. The molecule has 6 nitrogen and oxygen atoms in total. The summed E-state index contributed by atoms with van der Waals surface area (Å²) in [6.45, 7) is 1.72. The van der Waals surface area contributed by atoms with Crippen molar-refractivity contribution in [2.75, 3.05) is 5.75 Å². The molecule has 0 saturated heterocycles. The molecule has 2 N–H and O–H groups in total. The summed E-state index contributed by atoms with van der Waals surface area (Å²) >= 11 is 0. The standard InChI is InChI=1S/C21H20BFN2O4S/c1-12-2-3-19(17(23)6-12)30(27,28)11-13-7-14(8-13)16-9-22(26)29-18-10-25-21-15(20(16)18)4-5-24-21/h2-6,9-10,13-14,26H,7-8,11H2,1H3,(H,24,25). The molecule has 1 aliphatic carbocycles. The SMILES string of the molecule is Cc1ccc(S(=O)(=O)CC2CC(C3=CB(O)Oc4cnc5[nH]ccc5c43)C2)c(F)c1. The number of sulfone groups is 1. The molecule has 0 bridgehead atoms. The van der Waals surface area contributed by atoms with Crippen LogP contribution in [0.3, 0.4) is 0 Å². The van der Waals surface area contributed by atoms with Gasteiger partial charge in [-0.15, -0.1) is 0 Å². The van der Waals surface area contributed by atoms with Crippen molar-refractivity contribution in [3.05, 3.63) is 59.6 Å². The van der Waals surface area contributed by atoms with Gasteiger partial charge in [0.15, 0.2) is 9.84 Å². The molecule has 1 fully saturated rings. The molecule has 0 unspecified atom stereocenters. The van der Waals surface area contributed by atoms with E-state index in [9.17, 15) is 17.8 Å². The van der Waals surface area contributed by atoms with Crippen LogP contribution < -0.4 is 4.65 Å². The Morgan fingerprint density at radius 3 is 2.90 bits per heavy atom. The first-order valence-electron chi connectivity index (χ1n) is 9.83. The minimum atomic E-state index is -3.70. The number of halogens is 1. The summed E-state index contributed by atoms with van der Waals surface area (Å²) in [5, 5.41) is 11.0. The van der Waals surface area contributed by atoms with Gasteiger partial charge >= 0.3 is 7.12 Å². The van der Waals surface area contributed by atoms with Crippen LogP contribution in [0.4, 0.5) is 4.39 Å². The Hall–Kier alpha value is -2.65. The van der Waals surface area contributed by atoms with Crippen molar-refractivity contribution < 1.29 is 22.5 Å². The van der Waals surface area contributed by atoms with Gasteiger partial charge in [0.05, 0.1) is 11.9 Å². The summed E-state index contributed by atoms with van der Waals surface area (Å²) in [6, 6.07) is 6.12. The Kier molecular flexibility index (Phi) is 4.48. The zero-order chi connectivity index (χ0) is 21.0. The highest BCUT2D eigenvalue weighted by Gasteiger charge is 2.39. The summed E-state index contributed by atoms with van der Waals surface area (Å²) < 4.78 is 45.1. The second-order valence-corrected chi connectivity index (χ2v) is 10.1. The van der Waals surface area contributed by atoms with Crippen molar-refractivity contribution in [1.29, 1.82) is 0 Å². The van der Waals surface area contributed by atoms with Crippen molar-refractivity contribution >= 4 is 33.6 Å². The summed E-state index contributed by atoms with van der Waals surface area (Å²) in [6.07, 6.45) is 4.69. The molecule has 154 valence electrons. The third kappa shape index (κ3) is 3.22. The van der Waals surface area contributed by atoms with Gasteiger partial charge in [0.25, 0.3) is 0 Å². The first-order chi connectivity index (χ1) is 14.3. The first-order valence-corrected chi connectivity index (χ1v) is 11.5. The summed E-state index contributed by atoms with van der Waals surface area (Å²) in [5.74, 6) is 1.46. The predicted molar refractivity (Wildman–Crippen MR) is 112 cm³/mol. The normalized spacial score (nSPS) is 21.0. The van der Waals surface area contributed by atoms with Crippen LogP contribution in [0.15, 0.2) is 47.5 Å². The predicted octanol–water partition coefficient (Wildman–Crippen LogP) is 3.31. The number of aryl methyl sites for hydroxylation is 1. The molecule has 0 spiro atoms. The van der Waals surface area contributed by atoms with E-state index >= 15 is 0 Å². The fourth-order valence-corrected chi connectivity index (χ4v) is 6.21. The van der Waals surface area contributed by atoms with Crippen LogP contribution in [0.2, 0.25) is 0 Å². The fraction of sp³-hybridized carbons (Fsp3) is 0.286. The van der Waals surface area contributed by atoms with Crippen LogP contribution in [0.1, 0.15) is 24.0 Å². The van der Waals surface area contributed by atoms with Crippen molar-refractivity contribution in [3.8, 4) is 5.75 Å². The lowest BCUT2D eigenvalue weighted by Gasteiger charge is -2.38. The van der Waals surface area contributed by atoms with E-state index in [2.05, 4.69) is 9.97 Å². The minimum absolute atomic E-state index is 0.0615. The molecule has 2 aliphatic rings. The van der Waals surface area contributed by atoms with E-state index in [0.717, 1.165) is 22.2 Å². The molecular weight excluding hydrogens is 406 g/mol. The van der Waals surface area contributed by atoms with E-state index < -0.39 is 22.8 Å². The quantitative estimate of drug-likeness (QED) is 0.625. The molecule has 30 heavy (non-hydrogen) atoms. The second-order valence-electron chi connectivity index (χ2n) is 8.12. The lowest BCUT2D eigenvalue weighted by atomic mass is 9.66. The highest BCUT2D eigenvalue weighted by molar-refractivity contribution is 7.91.